The van der Waals surface area contributed by atoms with Crippen molar-refractivity contribution in [1.82, 2.24) is 9.97 Å². The number of hydrogen-bond acceptors (Lipinski definition) is 4. The molecule has 0 bridgehead atoms. The minimum atomic E-state index is -0.430. The minimum Gasteiger partial charge on any atom is -0.486 e. The van der Waals surface area contributed by atoms with Gasteiger partial charge in [0.15, 0.2) is 17.5 Å². The second kappa shape index (κ2) is 5.44. The highest BCUT2D eigenvalue weighted by molar-refractivity contribution is 5.37. The fraction of sp³-hybridized carbons (Fsp3) is 0.231. The van der Waals surface area contributed by atoms with Gasteiger partial charge in [-0.25, -0.2) is 14.4 Å². The van der Waals surface area contributed by atoms with E-state index in [0.29, 0.717) is 11.5 Å². The normalized spacial score (nSPS) is 10.2. The van der Waals surface area contributed by atoms with Crippen molar-refractivity contribution in [2.75, 3.05) is 12.4 Å². The van der Waals surface area contributed by atoms with E-state index in [-0.39, 0.29) is 12.4 Å². The minimum absolute atomic E-state index is 0.189. The van der Waals surface area contributed by atoms with Gasteiger partial charge in [0.2, 0.25) is 0 Å². The van der Waals surface area contributed by atoms with Gasteiger partial charge in [0, 0.05) is 7.05 Å². The zero-order valence-corrected chi connectivity index (χ0v) is 10.3. The molecule has 0 fully saturated rings. The van der Waals surface area contributed by atoms with Crippen molar-refractivity contribution in [2.45, 2.75) is 13.5 Å². The second-order valence-electron chi connectivity index (χ2n) is 3.74. The molecule has 94 valence electrons. The summed E-state index contributed by atoms with van der Waals surface area (Å²) >= 11 is 0. The van der Waals surface area contributed by atoms with Crippen molar-refractivity contribution < 1.29 is 9.13 Å². The third-order valence-corrected chi connectivity index (χ3v) is 2.41. The molecule has 0 atom stereocenters. The molecule has 18 heavy (non-hydrogen) atoms. The van der Waals surface area contributed by atoms with E-state index in [1.54, 1.807) is 14.0 Å². The molecule has 1 aromatic heterocycles. The molecule has 0 radical (unpaired) electrons. The largest absolute Gasteiger partial charge is 0.486 e. The maximum Gasteiger partial charge on any atom is 0.186 e. The number of aryl methyl sites for hydroxylation is 1. The van der Waals surface area contributed by atoms with E-state index >= 15 is 0 Å². The summed E-state index contributed by atoms with van der Waals surface area (Å²) in [6.07, 6.45) is 0. The van der Waals surface area contributed by atoms with Crippen LogP contribution in [0.1, 0.15) is 11.5 Å². The summed E-state index contributed by atoms with van der Waals surface area (Å²) in [5.74, 6) is 0.936. The lowest BCUT2D eigenvalue weighted by Gasteiger charge is -2.08. The van der Waals surface area contributed by atoms with Crippen molar-refractivity contribution >= 4 is 5.82 Å². The molecule has 0 spiro atoms. The fourth-order valence-corrected chi connectivity index (χ4v) is 1.51. The standard InChI is InChI=1S/C13H14FN3O/c1-9-12(14)13(15-2)17-11(16-9)8-18-10-6-4-3-5-7-10/h3-7H,8H2,1-2H3,(H,15,16,17). The third kappa shape index (κ3) is 2.74. The van der Waals surface area contributed by atoms with Crippen LogP contribution in [0.2, 0.25) is 0 Å². The van der Waals surface area contributed by atoms with Gasteiger partial charge < -0.3 is 10.1 Å². The van der Waals surface area contributed by atoms with Crippen LogP contribution in [0.3, 0.4) is 0 Å². The van der Waals surface area contributed by atoms with Gasteiger partial charge >= 0.3 is 0 Å². The van der Waals surface area contributed by atoms with E-state index in [4.69, 9.17) is 4.74 Å². The first-order valence-electron chi connectivity index (χ1n) is 5.59. The van der Waals surface area contributed by atoms with Gasteiger partial charge in [-0.05, 0) is 19.1 Å². The molecule has 5 heteroatoms. The van der Waals surface area contributed by atoms with Crippen molar-refractivity contribution in [2.24, 2.45) is 0 Å². The Morgan fingerprint density at radius 3 is 2.61 bits per heavy atom. The number of ether oxygens (including phenoxy) is 1. The van der Waals surface area contributed by atoms with E-state index < -0.39 is 5.82 Å². The van der Waals surface area contributed by atoms with Gasteiger partial charge in [0.25, 0.3) is 0 Å². The highest BCUT2D eigenvalue weighted by Gasteiger charge is 2.10. The summed E-state index contributed by atoms with van der Waals surface area (Å²) in [7, 11) is 1.62. The molecular weight excluding hydrogens is 233 g/mol. The first-order valence-corrected chi connectivity index (χ1v) is 5.59. The number of hydrogen-bond donors (Lipinski definition) is 1. The highest BCUT2D eigenvalue weighted by atomic mass is 19.1. The summed E-state index contributed by atoms with van der Waals surface area (Å²) in [6.45, 7) is 1.81. The van der Waals surface area contributed by atoms with E-state index in [0.717, 1.165) is 5.75 Å². The first kappa shape index (κ1) is 12.3. The van der Waals surface area contributed by atoms with Gasteiger partial charge in [-0.1, -0.05) is 18.2 Å². The van der Waals surface area contributed by atoms with Crippen molar-refractivity contribution in [3.63, 3.8) is 0 Å². The van der Waals surface area contributed by atoms with Crippen LogP contribution in [-0.4, -0.2) is 17.0 Å². The molecule has 1 N–H and O–H groups in total. The Labute approximate surface area is 105 Å². The molecule has 0 aliphatic carbocycles. The van der Waals surface area contributed by atoms with Crippen LogP contribution in [0, 0.1) is 12.7 Å². The summed E-state index contributed by atoms with van der Waals surface area (Å²) < 4.78 is 19.0. The van der Waals surface area contributed by atoms with Crippen LogP contribution in [0.5, 0.6) is 5.75 Å². The number of rotatable bonds is 4. The van der Waals surface area contributed by atoms with E-state index in [1.807, 2.05) is 30.3 Å². The van der Waals surface area contributed by atoms with Gasteiger partial charge in [-0.15, -0.1) is 0 Å². The number of para-hydroxylation sites is 1. The summed E-state index contributed by atoms with van der Waals surface area (Å²) in [4.78, 5) is 8.09. The Balaban J connectivity index is 2.13. The van der Waals surface area contributed by atoms with Crippen LogP contribution in [0.4, 0.5) is 10.2 Å². The molecule has 1 aromatic carbocycles. The average Bonchev–Trinajstić information content (AvgIpc) is 2.41. The van der Waals surface area contributed by atoms with Crippen molar-refractivity contribution in [3.8, 4) is 5.75 Å². The molecule has 2 rings (SSSR count). The maximum absolute atomic E-state index is 13.5. The maximum atomic E-state index is 13.5. The summed E-state index contributed by atoms with van der Waals surface area (Å²) in [5, 5.41) is 2.69. The van der Waals surface area contributed by atoms with Crippen LogP contribution >= 0.6 is 0 Å². The topological polar surface area (TPSA) is 47.0 Å². The SMILES string of the molecule is CNc1nc(COc2ccccc2)nc(C)c1F. The molecular formula is C13H14FN3O. The van der Waals surface area contributed by atoms with Crippen LogP contribution in [-0.2, 0) is 6.61 Å². The molecule has 0 aliphatic heterocycles. The monoisotopic (exact) mass is 247 g/mol. The predicted octanol–water partition coefficient (Wildman–Crippen LogP) is 2.54. The molecule has 4 nitrogen and oxygen atoms in total. The summed E-state index contributed by atoms with van der Waals surface area (Å²) in [5.41, 5.74) is 0.306. The number of nitrogens with one attached hydrogen (secondary N) is 1. The van der Waals surface area contributed by atoms with E-state index in [2.05, 4.69) is 15.3 Å². The quantitative estimate of drug-likeness (QED) is 0.902. The fourth-order valence-electron chi connectivity index (χ4n) is 1.51. The smallest absolute Gasteiger partial charge is 0.186 e. The lowest BCUT2D eigenvalue weighted by atomic mass is 10.3. The Hall–Kier alpha value is -2.17. The lowest BCUT2D eigenvalue weighted by Crippen LogP contribution is -2.08. The second-order valence-corrected chi connectivity index (χ2v) is 3.74. The predicted molar refractivity (Wildman–Crippen MR) is 67.0 cm³/mol. The third-order valence-electron chi connectivity index (χ3n) is 2.41. The molecule has 1 heterocycles. The van der Waals surface area contributed by atoms with Crippen LogP contribution in [0.25, 0.3) is 0 Å². The Morgan fingerprint density at radius 1 is 1.22 bits per heavy atom. The number of halogens is 1. The molecule has 0 aliphatic rings. The van der Waals surface area contributed by atoms with Crippen LogP contribution in [0.15, 0.2) is 30.3 Å². The van der Waals surface area contributed by atoms with Crippen LogP contribution < -0.4 is 10.1 Å². The molecule has 0 saturated carbocycles. The zero-order valence-electron chi connectivity index (χ0n) is 10.3. The van der Waals surface area contributed by atoms with Crippen molar-refractivity contribution in [1.29, 1.82) is 0 Å². The molecule has 0 unspecified atom stereocenters. The van der Waals surface area contributed by atoms with Gasteiger partial charge in [0.05, 0.1) is 5.69 Å². The Kier molecular flexibility index (Phi) is 3.72. The summed E-state index contributed by atoms with van der Waals surface area (Å²) in [6, 6.07) is 9.35. The molecule has 2 aromatic rings. The number of nitrogens with zero attached hydrogens (tertiary/aromatic N) is 2. The first-order chi connectivity index (χ1) is 8.70. The highest BCUT2D eigenvalue weighted by Crippen LogP contribution is 2.15. The van der Waals surface area contributed by atoms with Gasteiger partial charge in [-0.2, -0.15) is 0 Å². The molecule has 0 saturated heterocycles. The van der Waals surface area contributed by atoms with E-state index in [1.165, 1.54) is 0 Å². The number of anilines is 1. The number of benzene rings is 1. The van der Waals surface area contributed by atoms with E-state index in [9.17, 15) is 4.39 Å². The Morgan fingerprint density at radius 2 is 1.94 bits per heavy atom. The van der Waals surface area contributed by atoms with Crippen molar-refractivity contribution in [3.05, 3.63) is 47.7 Å². The molecule has 0 amide bonds. The lowest BCUT2D eigenvalue weighted by molar-refractivity contribution is 0.295. The average molecular weight is 247 g/mol. The Bertz CT molecular complexity index is 531. The van der Waals surface area contributed by atoms with Gasteiger partial charge in [-0.3, -0.25) is 0 Å². The van der Waals surface area contributed by atoms with Gasteiger partial charge in [0.1, 0.15) is 12.4 Å². The zero-order chi connectivity index (χ0) is 13.0. The number of aromatic nitrogens is 2.